The van der Waals surface area contributed by atoms with Crippen LogP contribution >= 0.6 is 0 Å². The third kappa shape index (κ3) is 2.43. The highest BCUT2D eigenvalue weighted by Crippen LogP contribution is 2.28. The van der Waals surface area contributed by atoms with Crippen molar-refractivity contribution in [2.75, 3.05) is 0 Å². The largest absolute Gasteiger partial charge is 0.366 e. The van der Waals surface area contributed by atoms with Crippen LogP contribution in [0.5, 0.6) is 0 Å². The van der Waals surface area contributed by atoms with Crippen LogP contribution in [0.4, 0.5) is 0 Å². The minimum atomic E-state index is -0.584. The molecule has 0 heterocycles. The number of primary amides is 1. The SMILES string of the molecule is Cc1c(C)c(C)c(C(=O)c2ccccc2C(N)=O)c(C)c1C. The topological polar surface area (TPSA) is 60.2 Å². The molecule has 114 valence electrons. The quantitative estimate of drug-likeness (QED) is 0.880. The number of carbonyl (C=O) groups is 2. The first kappa shape index (κ1) is 16.0. The number of hydrogen-bond acceptors (Lipinski definition) is 2. The Morgan fingerprint density at radius 3 is 1.59 bits per heavy atom. The van der Waals surface area contributed by atoms with Gasteiger partial charge in [-0.05, 0) is 68.5 Å². The van der Waals surface area contributed by atoms with E-state index in [-0.39, 0.29) is 11.3 Å². The van der Waals surface area contributed by atoms with E-state index in [1.807, 2.05) is 27.7 Å². The Bertz CT molecular complexity index is 759. The molecule has 0 fully saturated rings. The van der Waals surface area contributed by atoms with E-state index in [9.17, 15) is 9.59 Å². The first-order valence-corrected chi connectivity index (χ1v) is 7.27. The molecule has 0 saturated carbocycles. The average molecular weight is 295 g/mol. The zero-order valence-electron chi connectivity index (χ0n) is 13.7. The molecule has 2 rings (SSSR count). The Balaban J connectivity index is 2.74. The molecule has 1 amide bonds. The van der Waals surface area contributed by atoms with Crippen LogP contribution in [0.15, 0.2) is 24.3 Å². The van der Waals surface area contributed by atoms with Crippen molar-refractivity contribution in [1.29, 1.82) is 0 Å². The molecule has 0 aliphatic carbocycles. The molecule has 2 aromatic carbocycles. The number of nitrogens with two attached hydrogens (primary N) is 1. The minimum Gasteiger partial charge on any atom is -0.366 e. The fraction of sp³-hybridized carbons (Fsp3) is 0.263. The molecule has 0 unspecified atom stereocenters. The van der Waals surface area contributed by atoms with Crippen LogP contribution in [0.1, 0.15) is 54.1 Å². The Morgan fingerprint density at radius 2 is 1.14 bits per heavy atom. The van der Waals surface area contributed by atoms with Gasteiger partial charge in [-0.1, -0.05) is 18.2 Å². The van der Waals surface area contributed by atoms with E-state index in [1.54, 1.807) is 24.3 Å². The molecule has 0 saturated heterocycles. The van der Waals surface area contributed by atoms with Gasteiger partial charge in [0, 0.05) is 11.1 Å². The van der Waals surface area contributed by atoms with Crippen molar-refractivity contribution < 1.29 is 9.59 Å². The monoisotopic (exact) mass is 295 g/mol. The molecule has 3 heteroatoms. The van der Waals surface area contributed by atoms with Gasteiger partial charge in [0.1, 0.15) is 0 Å². The molecule has 0 atom stereocenters. The summed E-state index contributed by atoms with van der Waals surface area (Å²) in [6.45, 7) is 10.0. The number of ketones is 1. The van der Waals surface area contributed by atoms with Gasteiger partial charge < -0.3 is 5.73 Å². The molecule has 22 heavy (non-hydrogen) atoms. The van der Waals surface area contributed by atoms with Crippen molar-refractivity contribution in [3.63, 3.8) is 0 Å². The highest BCUT2D eigenvalue weighted by Gasteiger charge is 2.22. The molecule has 0 spiro atoms. The first-order valence-electron chi connectivity index (χ1n) is 7.27. The maximum atomic E-state index is 13.0. The lowest BCUT2D eigenvalue weighted by molar-refractivity contribution is 0.0980. The predicted molar refractivity (Wildman–Crippen MR) is 88.5 cm³/mol. The Kier molecular flexibility index (Phi) is 4.18. The number of amides is 1. The van der Waals surface area contributed by atoms with E-state index in [2.05, 4.69) is 6.92 Å². The number of benzene rings is 2. The lowest BCUT2D eigenvalue weighted by Gasteiger charge is -2.18. The normalized spacial score (nSPS) is 10.6. The third-order valence-corrected chi connectivity index (χ3v) is 4.66. The second kappa shape index (κ2) is 5.76. The second-order valence-corrected chi connectivity index (χ2v) is 5.74. The maximum Gasteiger partial charge on any atom is 0.249 e. The lowest BCUT2D eigenvalue weighted by Crippen LogP contribution is -2.18. The fourth-order valence-corrected chi connectivity index (χ4v) is 2.87. The average Bonchev–Trinajstić information content (AvgIpc) is 2.51. The van der Waals surface area contributed by atoms with E-state index >= 15 is 0 Å². The fourth-order valence-electron chi connectivity index (χ4n) is 2.87. The molecule has 0 aromatic heterocycles. The number of rotatable bonds is 3. The van der Waals surface area contributed by atoms with Gasteiger partial charge in [0.25, 0.3) is 0 Å². The van der Waals surface area contributed by atoms with Crippen molar-refractivity contribution >= 4 is 11.7 Å². The van der Waals surface area contributed by atoms with E-state index in [1.165, 1.54) is 5.56 Å². The lowest BCUT2D eigenvalue weighted by atomic mass is 9.85. The molecular weight excluding hydrogens is 274 g/mol. The molecule has 0 aliphatic heterocycles. The zero-order chi connectivity index (χ0) is 16.6. The van der Waals surface area contributed by atoms with E-state index < -0.39 is 5.91 Å². The van der Waals surface area contributed by atoms with Gasteiger partial charge in [0.15, 0.2) is 5.78 Å². The highest BCUT2D eigenvalue weighted by atomic mass is 16.1. The Morgan fingerprint density at radius 1 is 0.727 bits per heavy atom. The van der Waals surface area contributed by atoms with Crippen LogP contribution in [0.3, 0.4) is 0 Å². The summed E-state index contributed by atoms with van der Waals surface area (Å²) in [5.74, 6) is -0.726. The molecule has 2 aromatic rings. The van der Waals surface area contributed by atoms with Crippen molar-refractivity contribution in [2.45, 2.75) is 34.6 Å². The molecule has 0 radical (unpaired) electrons. The summed E-state index contributed by atoms with van der Waals surface area (Å²) in [5, 5.41) is 0. The highest BCUT2D eigenvalue weighted by molar-refractivity contribution is 6.16. The maximum absolute atomic E-state index is 13.0. The summed E-state index contributed by atoms with van der Waals surface area (Å²) >= 11 is 0. The molecule has 0 bridgehead atoms. The summed E-state index contributed by atoms with van der Waals surface area (Å²) < 4.78 is 0. The van der Waals surface area contributed by atoms with Crippen molar-refractivity contribution in [3.8, 4) is 0 Å². The Labute approximate surface area is 131 Å². The van der Waals surface area contributed by atoms with E-state index in [0.29, 0.717) is 11.1 Å². The van der Waals surface area contributed by atoms with Gasteiger partial charge in [-0.25, -0.2) is 0 Å². The summed E-state index contributed by atoms with van der Waals surface area (Å²) in [7, 11) is 0. The zero-order valence-corrected chi connectivity index (χ0v) is 13.7. The second-order valence-electron chi connectivity index (χ2n) is 5.74. The summed E-state index contributed by atoms with van der Waals surface area (Å²) in [6.07, 6.45) is 0. The van der Waals surface area contributed by atoms with Crippen LogP contribution < -0.4 is 5.73 Å². The van der Waals surface area contributed by atoms with E-state index in [4.69, 9.17) is 5.73 Å². The minimum absolute atomic E-state index is 0.143. The van der Waals surface area contributed by atoms with Gasteiger partial charge in [0.2, 0.25) is 5.91 Å². The molecule has 2 N–H and O–H groups in total. The van der Waals surface area contributed by atoms with Crippen LogP contribution in [0.2, 0.25) is 0 Å². The van der Waals surface area contributed by atoms with Gasteiger partial charge >= 0.3 is 0 Å². The third-order valence-electron chi connectivity index (χ3n) is 4.66. The summed E-state index contributed by atoms with van der Waals surface area (Å²) in [4.78, 5) is 24.6. The van der Waals surface area contributed by atoms with Gasteiger partial charge in [0.05, 0.1) is 5.56 Å². The van der Waals surface area contributed by atoms with Gasteiger partial charge in [-0.3, -0.25) is 9.59 Å². The van der Waals surface area contributed by atoms with Crippen LogP contribution in [-0.4, -0.2) is 11.7 Å². The standard InChI is InChI=1S/C19H21NO2/c1-10-11(2)13(4)17(14(5)12(10)3)18(21)15-8-6-7-9-16(15)19(20)22/h6-9H,1-5H3,(H2,20,22). The van der Waals surface area contributed by atoms with Gasteiger partial charge in [-0.15, -0.1) is 0 Å². The molecule has 3 nitrogen and oxygen atoms in total. The Hall–Kier alpha value is -2.42. The van der Waals surface area contributed by atoms with Gasteiger partial charge in [-0.2, -0.15) is 0 Å². The van der Waals surface area contributed by atoms with E-state index in [0.717, 1.165) is 22.3 Å². The van der Waals surface area contributed by atoms with Crippen molar-refractivity contribution in [2.24, 2.45) is 5.73 Å². The van der Waals surface area contributed by atoms with Crippen LogP contribution in [0.25, 0.3) is 0 Å². The van der Waals surface area contributed by atoms with Crippen LogP contribution in [0, 0.1) is 34.6 Å². The first-order chi connectivity index (χ1) is 10.3. The molecular formula is C19H21NO2. The summed E-state index contributed by atoms with van der Waals surface area (Å²) in [5.41, 5.74) is 12.1. The number of carbonyl (C=O) groups excluding carboxylic acids is 2. The summed E-state index contributed by atoms with van der Waals surface area (Å²) in [6, 6.07) is 6.71. The molecule has 0 aliphatic rings. The smallest absolute Gasteiger partial charge is 0.249 e. The predicted octanol–water partition coefficient (Wildman–Crippen LogP) is 3.56. The number of hydrogen-bond donors (Lipinski definition) is 1. The van der Waals surface area contributed by atoms with Crippen molar-refractivity contribution in [3.05, 3.63) is 68.8 Å². The van der Waals surface area contributed by atoms with Crippen LogP contribution in [-0.2, 0) is 0 Å². The van der Waals surface area contributed by atoms with Crippen molar-refractivity contribution in [1.82, 2.24) is 0 Å².